The van der Waals surface area contributed by atoms with Gasteiger partial charge in [-0.2, -0.15) is 13.2 Å². The van der Waals surface area contributed by atoms with Crippen molar-refractivity contribution in [2.24, 2.45) is 5.73 Å². The smallest absolute Gasteiger partial charge is 0.422 e. The van der Waals surface area contributed by atoms with Gasteiger partial charge in [-0.25, -0.2) is 4.98 Å². The molecule has 0 aliphatic rings. The number of para-hydroxylation sites is 2. The number of halogens is 3. The third-order valence-corrected chi connectivity index (χ3v) is 5.94. The van der Waals surface area contributed by atoms with E-state index >= 15 is 0 Å². The van der Waals surface area contributed by atoms with Gasteiger partial charge in [-0.15, -0.1) is 0 Å². The zero-order valence-electron chi connectivity index (χ0n) is 18.5. The van der Waals surface area contributed by atoms with Gasteiger partial charge in [0, 0.05) is 11.8 Å². The van der Waals surface area contributed by atoms with E-state index in [0.717, 1.165) is 18.5 Å². The lowest BCUT2D eigenvalue weighted by molar-refractivity contribution is -0.153. The molecule has 2 heterocycles. The standard InChI is InChI=1S/C16H14F3N3O2S.C8H11N/c1-10-13(20-7-6-14(10)24-9-16(17,18)19)8-25(23)15-21-11-4-2-3-5-12(11)22-15;9-7-6-8-4-2-1-3-5-8/h2-7H,8-9H2,1H3,(H,21,22);1-5H,6-7,9H2. The Kier molecular flexibility index (Phi) is 8.78. The number of ether oxygens (including phenoxy) is 1. The van der Waals surface area contributed by atoms with Crippen molar-refractivity contribution >= 4 is 21.8 Å². The molecule has 4 rings (SSSR count). The van der Waals surface area contributed by atoms with Crippen molar-refractivity contribution in [1.82, 2.24) is 15.0 Å². The molecule has 6 nitrogen and oxygen atoms in total. The Morgan fingerprint density at radius 2 is 1.76 bits per heavy atom. The summed E-state index contributed by atoms with van der Waals surface area (Å²) in [4.78, 5) is 11.3. The average molecular weight is 491 g/mol. The van der Waals surface area contributed by atoms with Crippen LogP contribution in [0.1, 0.15) is 16.8 Å². The summed E-state index contributed by atoms with van der Waals surface area (Å²) in [6.07, 6.45) is -2.10. The van der Waals surface area contributed by atoms with Crippen LogP contribution < -0.4 is 10.5 Å². The lowest BCUT2D eigenvalue weighted by atomic mass is 10.2. The lowest BCUT2D eigenvalue weighted by Gasteiger charge is -2.13. The summed E-state index contributed by atoms with van der Waals surface area (Å²) >= 11 is 0. The summed E-state index contributed by atoms with van der Waals surface area (Å²) in [7, 11) is -1.51. The van der Waals surface area contributed by atoms with Gasteiger partial charge in [0.2, 0.25) is 0 Å². The predicted octanol–water partition coefficient (Wildman–Crippen LogP) is 4.70. The third-order valence-electron chi connectivity index (χ3n) is 4.78. The van der Waals surface area contributed by atoms with E-state index in [2.05, 4.69) is 27.1 Å². The van der Waals surface area contributed by atoms with Gasteiger partial charge in [-0.05, 0) is 43.7 Å². The van der Waals surface area contributed by atoms with Crippen LogP contribution in [0.15, 0.2) is 72.0 Å². The number of nitrogens with zero attached hydrogens (tertiary/aromatic N) is 2. The Balaban J connectivity index is 0.000000302. The van der Waals surface area contributed by atoms with Crippen molar-refractivity contribution in [1.29, 1.82) is 0 Å². The molecule has 0 spiro atoms. The highest BCUT2D eigenvalue weighted by Crippen LogP contribution is 2.24. The van der Waals surface area contributed by atoms with E-state index in [1.54, 1.807) is 13.0 Å². The molecular formula is C24H25F3N4O2S. The molecule has 0 saturated carbocycles. The molecule has 1 unspecified atom stereocenters. The second-order valence-corrected chi connectivity index (χ2v) is 8.72. The second kappa shape index (κ2) is 11.8. The molecule has 0 fully saturated rings. The fourth-order valence-corrected chi connectivity index (χ4v) is 4.16. The topological polar surface area (TPSA) is 93.9 Å². The van der Waals surface area contributed by atoms with E-state index < -0.39 is 23.6 Å². The summed E-state index contributed by atoms with van der Waals surface area (Å²) in [5, 5.41) is 0.295. The van der Waals surface area contributed by atoms with Gasteiger partial charge >= 0.3 is 6.18 Å². The van der Waals surface area contributed by atoms with Crippen LogP contribution in [-0.4, -0.2) is 38.5 Å². The maximum atomic E-state index is 12.5. The average Bonchev–Trinajstić information content (AvgIpc) is 3.25. The number of pyridine rings is 1. The van der Waals surface area contributed by atoms with Crippen LogP contribution in [-0.2, 0) is 23.0 Å². The number of fused-ring (bicyclic) bond motifs is 1. The van der Waals surface area contributed by atoms with Crippen molar-refractivity contribution < 1.29 is 22.1 Å². The van der Waals surface area contributed by atoms with Crippen LogP contribution in [0.2, 0.25) is 0 Å². The van der Waals surface area contributed by atoms with Gasteiger partial charge in [0.1, 0.15) is 5.75 Å². The molecule has 2 aromatic heterocycles. The Labute approximate surface area is 197 Å². The van der Waals surface area contributed by atoms with Gasteiger partial charge in [0.25, 0.3) is 0 Å². The van der Waals surface area contributed by atoms with E-state index in [1.165, 1.54) is 17.8 Å². The van der Waals surface area contributed by atoms with Gasteiger partial charge in [0.15, 0.2) is 11.8 Å². The summed E-state index contributed by atoms with van der Waals surface area (Å²) in [6.45, 7) is 0.942. The zero-order valence-corrected chi connectivity index (χ0v) is 19.3. The molecule has 34 heavy (non-hydrogen) atoms. The highest BCUT2D eigenvalue weighted by molar-refractivity contribution is 7.84. The first kappa shape index (κ1) is 25.4. The number of aromatic nitrogens is 3. The summed E-state index contributed by atoms with van der Waals surface area (Å²) < 4.78 is 54.2. The van der Waals surface area contributed by atoms with E-state index in [9.17, 15) is 17.4 Å². The fourth-order valence-electron chi connectivity index (χ4n) is 3.06. The van der Waals surface area contributed by atoms with E-state index in [0.29, 0.717) is 21.9 Å². The lowest BCUT2D eigenvalue weighted by Crippen LogP contribution is -2.19. The van der Waals surface area contributed by atoms with Gasteiger partial charge in [-0.1, -0.05) is 42.5 Å². The van der Waals surface area contributed by atoms with Crippen molar-refractivity contribution in [3.63, 3.8) is 0 Å². The summed E-state index contributed by atoms with van der Waals surface area (Å²) in [5.41, 5.74) is 8.96. The number of aromatic amines is 1. The molecule has 0 amide bonds. The number of imidazole rings is 1. The maximum Gasteiger partial charge on any atom is 0.422 e. The van der Waals surface area contributed by atoms with Crippen LogP contribution in [0.3, 0.4) is 0 Å². The Hall–Kier alpha value is -3.24. The Morgan fingerprint density at radius 3 is 2.44 bits per heavy atom. The molecule has 1 atom stereocenters. The predicted molar refractivity (Wildman–Crippen MR) is 126 cm³/mol. The Bertz CT molecular complexity index is 1200. The first-order valence-corrected chi connectivity index (χ1v) is 11.8. The van der Waals surface area contributed by atoms with Crippen LogP contribution in [0.25, 0.3) is 11.0 Å². The van der Waals surface area contributed by atoms with Crippen molar-refractivity contribution in [2.75, 3.05) is 13.2 Å². The molecule has 0 aliphatic carbocycles. The van der Waals surface area contributed by atoms with E-state index in [4.69, 9.17) is 10.5 Å². The quantitative estimate of drug-likeness (QED) is 0.392. The van der Waals surface area contributed by atoms with Crippen LogP contribution in [0, 0.1) is 6.92 Å². The second-order valence-electron chi connectivity index (χ2n) is 7.36. The minimum absolute atomic E-state index is 0.0227. The van der Waals surface area contributed by atoms with Crippen LogP contribution >= 0.6 is 0 Å². The molecule has 4 aromatic rings. The number of hydrogen-bond donors (Lipinski definition) is 2. The highest BCUT2D eigenvalue weighted by Gasteiger charge is 2.29. The summed E-state index contributed by atoms with van der Waals surface area (Å²) in [6, 6.07) is 18.9. The zero-order chi connectivity index (χ0) is 24.6. The number of benzene rings is 2. The maximum absolute atomic E-state index is 12.5. The molecule has 0 aliphatic heterocycles. The molecule has 0 radical (unpaired) electrons. The first-order chi connectivity index (χ1) is 16.3. The van der Waals surface area contributed by atoms with Gasteiger partial charge < -0.3 is 15.5 Å². The number of H-pyrrole nitrogens is 1. The van der Waals surface area contributed by atoms with Crippen LogP contribution in [0.4, 0.5) is 13.2 Å². The van der Waals surface area contributed by atoms with Gasteiger partial charge in [0.05, 0.1) is 33.3 Å². The van der Waals surface area contributed by atoms with Gasteiger partial charge in [-0.3, -0.25) is 9.19 Å². The molecule has 2 aromatic carbocycles. The SMILES string of the molecule is Cc1c(OCC(F)(F)F)ccnc1CS(=O)c1nc2ccccc2[nH]1.NCCc1ccccc1. The number of rotatable bonds is 7. The normalized spacial score (nSPS) is 12.1. The first-order valence-electron chi connectivity index (χ1n) is 10.5. The van der Waals surface area contributed by atoms with Crippen LogP contribution in [0.5, 0.6) is 5.75 Å². The number of hydrogen-bond acceptors (Lipinski definition) is 5. The molecule has 180 valence electrons. The van der Waals surface area contributed by atoms with Crippen molar-refractivity contribution in [3.05, 3.63) is 83.7 Å². The van der Waals surface area contributed by atoms with E-state index in [-0.39, 0.29) is 11.5 Å². The summed E-state index contributed by atoms with van der Waals surface area (Å²) in [5.74, 6) is 0.0958. The molecular weight excluding hydrogens is 465 g/mol. The molecule has 0 saturated heterocycles. The van der Waals surface area contributed by atoms with Crippen molar-refractivity contribution in [3.8, 4) is 5.75 Å². The van der Waals surface area contributed by atoms with E-state index in [1.807, 2.05) is 36.4 Å². The minimum atomic E-state index is -4.42. The Morgan fingerprint density at radius 1 is 1.06 bits per heavy atom. The molecule has 3 N–H and O–H groups in total. The largest absolute Gasteiger partial charge is 0.484 e. The number of nitrogens with one attached hydrogen (secondary N) is 1. The molecule has 10 heteroatoms. The fraction of sp³-hybridized carbons (Fsp3) is 0.250. The third kappa shape index (κ3) is 7.39. The monoisotopic (exact) mass is 490 g/mol. The number of nitrogens with two attached hydrogens (primary N) is 1. The number of alkyl halides is 3. The minimum Gasteiger partial charge on any atom is -0.484 e. The molecule has 0 bridgehead atoms. The highest BCUT2D eigenvalue weighted by atomic mass is 32.2. The van der Waals surface area contributed by atoms with Crippen molar-refractivity contribution in [2.45, 2.75) is 30.4 Å².